The monoisotopic (exact) mass is 531 g/mol. The molecule has 0 aromatic heterocycles. The zero-order valence-electron chi connectivity index (χ0n) is 21.0. The first-order valence-corrected chi connectivity index (χ1v) is 14.2. The van der Waals surface area contributed by atoms with Crippen LogP contribution in [-0.4, -0.2) is 84.5 Å². The van der Waals surface area contributed by atoms with Crippen LogP contribution in [0.5, 0.6) is 0 Å². The van der Waals surface area contributed by atoms with Gasteiger partial charge < -0.3 is 4.90 Å². The van der Waals surface area contributed by atoms with Crippen LogP contribution in [0.15, 0.2) is 59.7 Å². The van der Waals surface area contributed by atoms with Gasteiger partial charge in [0.1, 0.15) is 0 Å². The second-order valence-electron chi connectivity index (χ2n) is 9.24. The van der Waals surface area contributed by atoms with Crippen molar-refractivity contribution in [3.63, 3.8) is 0 Å². The molecule has 8 nitrogen and oxygen atoms in total. The summed E-state index contributed by atoms with van der Waals surface area (Å²) in [6, 6.07) is 16.2. The Bertz CT molecular complexity index is 1180. The molecule has 2 aromatic rings. The van der Waals surface area contributed by atoms with E-state index in [4.69, 9.17) is 16.7 Å². The summed E-state index contributed by atoms with van der Waals surface area (Å²) in [6.07, 6.45) is 1.18. The number of likely N-dealkylation sites (tertiary alicyclic amines) is 1. The van der Waals surface area contributed by atoms with E-state index in [9.17, 15) is 13.2 Å². The summed E-state index contributed by atoms with van der Waals surface area (Å²) >= 11 is 6.11. The highest BCUT2D eigenvalue weighted by atomic mass is 35.5. The maximum absolute atomic E-state index is 14.0. The number of carbonyl (C=O) groups excluding carboxylic acids is 1. The van der Waals surface area contributed by atoms with Gasteiger partial charge in [-0.05, 0) is 56.2 Å². The number of halogens is 1. The minimum Gasteiger partial charge on any atom is -0.306 e. The number of piperidine rings is 1. The third kappa shape index (κ3) is 5.44. The zero-order valence-corrected chi connectivity index (χ0v) is 22.6. The predicted octanol–water partition coefficient (Wildman–Crippen LogP) is 4.25. The molecule has 36 heavy (non-hydrogen) atoms. The lowest BCUT2D eigenvalue weighted by atomic mass is 9.91. The Morgan fingerprint density at radius 3 is 2.22 bits per heavy atom. The normalized spacial score (nSPS) is 19.5. The molecular formula is C26H34ClN5O3S. The highest BCUT2D eigenvalue weighted by Crippen LogP contribution is 2.32. The molecule has 2 aliphatic heterocycles. The second kappa shape index (κ2) is 11.3. The lowest BCUT2D eigenvalue weighted by Gasteiger charge is -2.39. The number of benzene rings is 2. The van der Waals surface area contributed by atoms with Crippen LogP contribution in [0.3, 0.4) is 0 Å². The molecule has 194 valence electrons. The third-order valence-electron chi connectivity index (χ3n) is 6.97. The predicted molar refractivity (Wildman–Crippen MR) is 143 cm³/mol. The van der Waals surface area contributed by atoms with Gasteiger partial charge in [-0.3, -0.25) is 0 Å². The lowest BCUT2D eigenvalue weighted by molar-refractivity contribution is 0.144. The Hall–Kier alpha value is -2.46. The molecule has 1 atom stereocenters. The Morgan fingerprint density at radius 2 is 1.64 bits per heavy atom. The number of hydrazone groups is 1. The summed E-state index contributed by atoms with van der Waals surface area (Å²) in [7, 11) is -2.01. The first-order chi connectivity index (χ1) is 17.3. The molecule has 0 N–H and O–H groups in total. The van der Waals surface area contributed by atoms with E-state index in [0.717, 1.165) is 34.2 Å². The van der Waals surface area contributed by atoms with E-state index in [1.54, 1.807) is 26.0 Å². The van der Waals surface area contributed by atoms with Crippen molar-refractivity contribution in [1.82, 2.24) is 18.5 Å². The Kier molecular flexibility index (Phi) is 8.34. The Morgan fingerprint density at radius 1 is 1.03 bits per heavy atom. The van der Waals surface area contributed by atoms with Crippen molar-refractivity contribution in [1.29, 1.82) is 0 Å². The standard InChI is InChI=1S/C26H34ClN5O3S/c1-4-30(5-2)36(34,35)32(23-15-17-29(3)18-16-23)26(33)31-19-24(20-9-7-6-8-10-20)25(28-31)21-11-13-22(27)14-12-21/h6-14,23-24H,4-5,15-19H2,1-3H3. The molecular weight excluding hydrogens is 498 g/mol. The molecule has 0 bridgehead atoms. The van der Waals surface area contributed by atoms with Crippen LogP contribution in [0.25, 0.3) is 0 Å². The van der Waals surface area contributed by atoms with Crippen LogP contribution in [-0.2, 0) is 10.2 Å². The SMILES string of the molecule is CCN(CC)S(=O)(=O)N(C(=O)N1CC(c2ccccc2)C(c2ccc(Cl)cc2)=N1)C1CCN(C)CC1. The van der Waals surface area contributed by atoms with E-state index in [0.29, 0.717) is 31.0 Å². The molecule has 1 unspecified atom stereocenters. The first-order valence-electron chi connectivity index (χ1n) is 12.4. The largest absolute Gasteiger partial charge is 0.355 e. The van der Waals surface area contributed by atoms with Crippen LogP contribution >= 0.6 is 11.6 Å². The topological polar surface area (TPSA) is 76.5 Å². The van der Waals surface area contributed by atoms with Crippen molar-refractivity contribution in [3.05, 3.63) is 70.7 Å². The molecule has 4 rings (SSSR count). The van der Waals surface area contributed by atoms with Crippen LogP contribution in [0.2, 0.25) is 5.02 Å². The van der Waals surface area contributed by atoms with Crippen molar-refractivity contribution in [3.8, 4) is 0 Å². The summed E-state index contributed by atoms with van der Waals surface area (Å²) < 4.78 is 29.9. The lowest BCUT2D eigenvalue weighted by Crippen LogP contribution is -2.56. The van der Waals surface area contributed by atoms with Gasteiger partial charge in [0, 0.05) is 24.0 Å². The van der Waals surface area contributed by atoms with Crippen molar-refractivity contribution in [2.24, 2.45) is 5.10 Å². The van der Waals surface area contributed by atoms with E-state index >= 15 is 0 Å². The fourth-order valence-electron chi connectivity index (χ4n) is 4.91. The first kappa shape index (κ1) is 26.6. The Balaban J connectivity index is 1.73. The van der Waals surface area contributed by atoms with Gasteiger partial charge >= 0.3 is 16.2 Å². The molecule has 2 aromatic carbocycles. The van der Waals surface area contributed by atoms with E-state index < -0.39 is 22.3 Å². The smallest absolute Gasteiger partial charge is 0.306 e. The average molecular weight is 532 g/mol. The van der Waals surface area contributed by atoms with Crippen molar-refractivity contribution < 1.29 is 13.2 Å². The third-order valence-corrected chi connectivity index (χ3v) is 9.34. The molecule has 0 spiro atoms. The number of hydrogen-bond donors (Lipinski definition) is 0. The van der Waals surface area contributed by atoms with Crippen LogP contribution in [0, 0.1) is 0 Å². The van der Waals surface area contributed by atoms with Gasteiger partial charge in [-0.15, -0.1) is 0 Å². The molecule has 1 fully saturated rings. The van der Waals surface area contributed by atoms with Crippen molar-refractivity contribution in [2.75, 3.05) is 39.8 Å². The zero-order chi connectivity index (χ0) is 25.9. The fourth-order valence-corrected chi connectivity index (χ4v) is 6.82. The van der Waals surface area contributed by atoms with Gasteiger partial charge in [0.15, 0.2) is 0 Å². The molecule has 0 saturated carbocycles. The van der Waals surface area contributed by atoms with E-state index in [1.165, 1.54) is 9.31 Å². The number of amides is 2. The molecule has 0 radical (unpaired) electrons. The summed E-state index contributed by atoms with van der Waals surface area (Å²) in [5.74, 6) is -0.188. The fraction of sp³-hybridized carbons (Fsp3) is 0.462. The number of rotatable bonds is 7. The number of nitrogens with zero attached hydrogens (tertiary/aromatic N) is 5. The van der Waals surface area contributed by atoms with Crippen LogP contribution in [0.4, 0.5) is 4.79 Å². The van der Waals surface area contributed by atoms with Gasteiger partial charge in [-0.1, -0.05) is 67.9 Å². The summed E-state index contributed by atoms with van der Waals surface area (Å²) in [6.45, 7) is 5.88. The highest BCUT2D eigenvalue weighted by Gasteiger charge is 2.43. The number of hydrogen-bond acceptors (Lipinski definition) is 5. The number of urea groups is 1. The van der Waals surface area contributed by atoms with Gasteiger partial charge in [0.2, 0.25) is 0 Å². The maximum Gasteiger partial charge on any atom is 0.355 e. The van der Waals surface area contributed by atoms with Crippen LogP contribution < -0.4 is 0 Å². The second-order valence-corrected chi connectivity index (χ2v) is 11.5. The van der Waals surface area contributed by atoms with Gasteiger partial charge in [0.05, 0.1) is 18.3 Å². The molecule has 0 aliphatic carbocycles. The Labute approximate surface area is 219 Å². The summed E-state index contributed by atoms with van der Waals surface area (Å²) in [4.78, 5) is 16.2. The quantitative estimate of drug-likeness (QED) is 0.535. The van der Waals surface area contributed by atoms with Crippen molar-refractivity contribution in [2.45, 2.75) is 38.6 Å². The summed E-state index contributed by atoms with van der Waals surface area (Å²) in [5, 5.41) is 6.67. The molecule has 2 heterocycles. The van der Waals surface area contributed by atoms with Gasteiger partial charge in [-0.2, -0.15) is 17.8 Å². The summed E-state index contributed by atoms with van der Waals surface area (Å²) in [5.41, 5.74) is 2.58. The van der Waals surface area contributed by atoms with Gasteiger partial charge in [0.25, 0.3) is 0 Å². The van der Waals surface area contributed by atoms with Gasteiger partial charge in [-0.25, -0.2) is 14.1 Å². The highest BCUT2D eigenvalue weighted by molar-refractivity contribution is 7.87. The molecule has 2 aliphatic rings. The molecule has 10 heteroatoms. The molecule has 1 saturated heterocycles. The van der Waals surface area contributed by atoms with Crippen molar-refractivity contribution >= 4 is 33.6 Å². The minimum atomic E-state index is -4.02. The van der Waals surface area contributed by atoms with Crippen LogP contribution in [0.1, 0.15) is 43.7 Å². The average Bonchev–Trinajstić information content (AvgIpc) is 3.32. The number of carbonyl (C=O) groups is 1. The van der Waals surface area contributed by atoms with E-state index in [2.05, 4.69) is 4.90 Å². The molecule has 2 amide bonds. The van der Waals surface area contributed by atoms with E-state index in [-0.39, 0.29) is 12.5 Å². The minimum absolute atomic E-state index is 0.188. The van der Waals surface area contributed by atoms with E-state index in [1.807, 2.05) is 49.5 Å². The maximum atomic E-state index is 14.0.